The molecule has 0 unspecified atom stereocenters. The van der Waals surface area contributed by atoms with Gasteiger partial charge in [-0.3, -0.25) is 0 Å². The zero-order chi connectivity index (χ0) is 16.7. The normalized spacial score (nSPS) is 13.8. The molecule has 0 atom stereocenters. The number of halogens is 1. The van der Waals surface area contributed by atoms with Crippen LogP contribution in [0, 0.1) is 5.53 Å². The number of anilines is 2. The lowest BCUT2D eigenvalue weighted by molar-refractivity contribution is 0.700. The van der Waals surface area contributed by atoms with Gasteiger partial charge in [-0.2, -0.15) is 5.11 Å². The van der Waals surface area contributed by atoms with Crippen LogP contribution < -0.4 is 5.32 Å². The lowest BCUT2D eigenvalue weighted by Gasteiger charge is -2.13. The predicted octanol–water partition coefficient (Wildman–Crippen LogP) is 5.92. The molecule has 0 saturated heterocycles. The van der Waals surface area contributed by atoms with Crippen molar-refractivity contribution in [1.82, 2.24) is 9.97 Å². The number of thiophene rings is 1. The summed E-state index contributed by atoms with van der Waals surface area (Å²) in [7, 11) is 0. The first-order valence-corrected chi connectivity index (χ1v) is 9.24. The highest BCUT2D eigenvalue weighted by Crippen LogP contribution is 2.40. The maximum absolute atomic E-state index is 7.14. The van der Waals surface area contributed by atoms with Crippen molar-refractivity contribution in [2.45, 2.75) is 30.6 Å². The van der Waals surface area contributed by atoms with Crippen LogP contribution in [0.2, 0.25) is 5.02 Å². The van der Waals surface area contributed by atoms with E-state index < -0.39 is 0 Å². The van der Waals surface area contributed by atoms with E-state index in [1.807, 2.05) is 0 Å². The lowest BCUT2D eigenvalue weighted by Crippen LogP contribution is -2.01. The average Bonchev–Trinajstić information content (AvgIpc) is 2.97. The molecule has 8 heteroatoms. The highest BCUT2D eigenvalue weighted by atomic mass is 35.5. The molecule has 0 bridgehead atoms. The molecule has 1 aliphatic carbocycles. The van der Waals surface area contributed by atoms with Crippen LogP contribution >= 0.6 is 35.6 Å². The third-order valence-electron chi connectivity index (χ3n) is 4.19. The van der Waals surface area contributed by atoms with Gasteiger partial charge in [0, 0.05) is 9.77 Å². The van der Waals surface area contributed by atoms with Gasteiger partial charge in [0.2, 0.25) is 0 Å². The number of aryl methyl sites for hydroxylation is 2. The van der Waals surface area contributed by atoms with Crippen LogP contribution in [0.5, 0.6) is 0 Å². The quantitative estimate of drug-likeness (QED) is 0.393. The Morgan fingerprint density at radius 1 is 1.25 bits per heavy atom. The molecular formula is C16H14ClN5S2. The van der Waals surface area contributed by atoms with Crippen molar-refractivity contribution in [3.05, 3.63) is 33.9 Å². The van der Waals surface area contributed by atoms with E-state index in [1.165, 1.54) is 23.3 Å². The minimum Gasteiger partial charge on any atom is -0.338 e. The second-order valence-corrected chi connectivity index (χ2v) is 7.64. The van der Waals surface area contributed by atoms with Crippen molar-refractivity contribution in [1.29, 1.82) is 5.53 Å². The van der Waals surface area contributed by atoms with Gasteiger partial charge >= 0.3 is 0 Å². The first kappa shape index (κ1) is 15.8. The van der Waals surface area contributed by atoms with E-state index in [2.05, 4.69) is 33.0 Å². The number of rotatable bonds is 3. The summed E-state index contributed by atoms with van der Waals surface area (Å²) >= 11 is 12.4. The molecule has 122 valence electrons. The van der Waals surface area contributed by atoms with Crippen LogP contribution in [0.15, 0.2) is 28.5 Å². The average molecular weight is 376 g/mol. The van der Waals surface area contributed by atoms with Crippen molar-refractivity contribution in [3.63, 3.8) is 0 Å². The van der Waals surface area contributed by atoms with Crippen LogP contribution in [0.3, 0.4) is 0 Å². The van der Waals surface area contributed by atoms with E-state index in [0.717, 1.165) is 28.9 Å². The molecule has 0 radical (unpaired) electrons. The fraction of sp³-hybridized carbons (Fsp3) is 0.250. The van der Waals surface area contributed by atoms with E-state index in [1.54, 1.807) is 29.8 Å². The Kier molecular flexibility index (Phi) is 4.15. The molecule has 1 aliphatic rings. The highest BCUT2D eigenvalue weighted by molar-refractivity contribution is 7.80. The molecule has 1 aromatic carbocycles. The minimum absolute atomic E-state index is 0.439. The number of hydrogen-bond acceptors (Lipinski definition) is 7. The number of thiol groups is 1. The summed E-state index contributed by atoms with van der Waals surface area (Å²) in [5, 5.41) is 8.31. The van der Waals surface area contributed by atoms with Gasteiger partial charge in [0.05, 0.1) is 21.8 Å². The third-order valence-corrected chi connectivity index (χ3v) is 6.06. The van der Waals surface area contributed by atoms with Crippen molar-refractivity contribution in [2.75, 3.05) is 5.32 Å². The van der Waals surface area contributed by atoms with E-state index in [0.29, 0.717) is 21.3 Å². The Balaban J connectivity index is 1.82. The summed E-state index contributed by atoms with van der Waals surface area (Å²) in [5.74, 6) is 0.768. The van der Waals surface area contributed by atoms with Gasteiger partial charge < -0.3 is 5.32 Å². The minimum atomic E-state index is 0.439. The Morgan fingerprint density at radius 2 is 2.08 bits per heavy atom. The maximum Gasteiger partial charge on any atom is 0.142 e. The molecule has 2 aromatic heterocycles. The van der Waals surface area contributed by atoms with Gasteiger partial charge in [-0.1, -0.05) is 11.6 Å². The number of fused-ring (bicyclic) bond motifs is 3. The first-order chi connectivity index (χ1) is 11.7. The first-order valence-electron chi connectivity index (χ1n) is 7.59. The largest absolute Gasteiger partial charge is 0.338 e. The summed E-state index contributed by atoms with van der Waals surface area (Å²) in [6.45, 7) is 0. The Bertz CT molecular complexity index is 953. The molecule has 5 nitrogen and oxygen atoms in total. The standard InChI is InChI=1S/C16H14ClN5S2/c17-9-5-11(22-18)12(23)6-10(9)21-15-14-8-3-1-2-4-13(8)24-16(14)20-7-19-15/h5-7,18,23H,1-4H2,(H,19,20,21). The number of hydrogen-bond donors (Lipinski definition) is 3. The van der Waals surface area contributed by atoms with Crippen LogP contribution in [-0.2, 0) is 12.8 Å². The number of benzene rings is 1. The monoisotopic (exact) mass is 375 g/mol. The topological polar surface area (TPSA) is 74.0 Å². The molecule has 24 heavy (non-hydrogen) atoms. The van der Waals surface area contributed by atoms with Crippen LogP contribution in [-0.4, -0.2) is 9.97 Å². The Hall–Kier alpha value is -1.70. The van der Waals surface area contributed by atoms with Gasteiger partial charge in [0.15, 0.2) is 0 Å². The van der Waals surface area contributed by atoms with Gasteiger partial charge in [-0.05, 0) is 43.4 Å². The molecule has 2 N–H and O–H groups in total. The molecule has 0 spiro atoms. The van der Waals surface area contributed by atoms with E-state index in [-0.39, 0.29) is 0 Å². The summed E-state index contributed by atoms with van der Waals surface area (Å²) < 4.78 is 0. The van der Waals surface area contributed by atoms with Gasteiger partial charge in [0.25, 0.3) is 0 Å². The molecule has 0 amide bonds. The predicted molar refractivity (Wildman–Crippen MR) is 101 cm³/mol. The zero-order valence-corrected chi connectivity index (χ0v) is 15.1. The van der Waals surface area contributed by atoms with Crippen molar-refractivity contribution < 1.29 is 0 Å². The molecule has 0 saturated carbocycles. The molecular weight excluding hydrogens is 362 g/mol. The third kappa shape index (κ3) is 2.66. The smallest absolute Gasteiger partial charge is 0.142 e. The molecule has 4 rings (SSSR count). The van der Waals surface area contributed by atoms with Crippen molar-refractivity contribution in [3.8, 4) is 0 Å². The molecule has 3 aromatic rings. The number of nitrogens with zero attached hydrogens (tertiary/aromatic N) is 3. The maximum atomic E-state index is 7.14. The fourth-order valence-electron chi connectivity index (χ4n) is 3.05. The highest BCUT2D eigenvalue weighted by Gasteiger charge is 2.20. The summed E-state index contributed by atoms with van der Waals surface area (Å²) in [5.41, 5.74) is 9.65. The van der Waals surface area contributed by atoms with Crippen molar-refractivity contribution in [2.24, 2.45) is 5.11 Å². The Labute approximate surface area is 153 Å². The van der Waals surface area contributed by atoms with Gasteiger partial charge in [-0.25, -0.2) is 15.5 Å². The van der Waals surface area contributed by atoms with E-state index in [4.69, 9.17) is 17.1 Å². The van der Waals surface area contributed by atoms with Crippen LogP contribution in [0.4, 0.5) is 17.2 Å². The van der Waals surface area contributed by atoms with Gasteiger partial charge in [0.1, 0.15) is 17.0 Å². The number of aromatic nitrogens is 2. The summed E-state index contributed by atoms with van der Waals surface area (Å²) in [4.78, 5) is 11.9. The SMILES string of the molecule is N=Nc1cc(Cl)c(Nc2ncnc3sc4c(c23)CCCC4)cc1S. The number of nitrogens with one attached hydrogen (secondary N) is 2. The molecule has 0 fully saturated rings. The van der Waals surface area contributed by atoms with Crippen LogP contribution in [0.1, 0.15) is 23.3 Å². The van der Waals surface area contributed by atoms with Crippen molar-refractivity contribution >= 4 is 63.0 Å². The second-order valence-electron chi connectivity index (χ2n) is 5.67. The summed E-state index contributed by atoms with van der Waals surface area (Å²) in [6.07, 6.45) is 6.21. The zero-order valence-electron chi connectivity index (χ0n) is 12.6. The lowest BCUT2D eigenvalue weighted by atomic mass is 9.97. The summed E-state index contributed by atoms with van der Waals surface area (Å²) in [6, 6.07) is 3.40. The van der Waals surface area contributed by atoms with E-state index in [9.17, 15) is 0 Å². The van der Waals surface area contributed by atoms with E-state index >= 15 is 0 Å². The fourth-order valence-corrected chi connectivity index (χ4v) is 4.73. The molecule has 2 heterocycles. The second kappa shape index (κ2) is 6.31. The van der Waals surface area contributed by atoms with Crippen LogP contribution in [0.25, 0.3) is 10.2 Å². The Morgan fingerprint density at radius 3 is 2.92 bits per heavy atom. The molecule has 0 aliphatic heterocycles. The van der Waals surface area contributed by atoms with Gasteiger partial charge in [-0.15, -0.1) is 24.0 Å².